The molecule has 1 rings (SSSR count). The summed E-state index contributed by atoms with van der Waals surface area (Å²) in [7, 11) is 0. The van der Waals surface area contributed by atoms with Gasteiger partial charge in [-0.3, -0.25) is 0 Å². The predicted molar refractivity (Wildman–Crippen MR) is 79.3 cm³/mol. The van der Waals surface area contributed by atoms with Crippen molar-refractivity contribution >= 4 is 30.3 Å². The molecule has 1 aromatic carbocycles. The number of halogens is 2. The summed E-state index contributed by atoms with van der Waals surface area (Å²) in [6.07, 6.45) is 0. The highest BCUT2D eigenvalue weighted by Gasteiger charge is 2.25. The Morgan fingerprint density at radius 1 is 1.09 bits per heavy atom. The first-order chi connectivity index (χ1) is 10.4. The van der Waals surface area contributed by atoms with Crippen molar-refractivity contribution in [3.05, 3.63) is 40.4 Å². The quantitative estimate of drug-likeness (QED) is 0.276. The van der Waals surface area contributed by atoms with Crippen molar-refractivity contribution in [2.45, 2.75) is 13.8 Å². The van der Waals surface area contributed by atoms with Gasteiger partial charge < -0.3 is 14.8 Å². The zero-order valence-corrected chi connectivity index (χ0v) is 12.9. The van der Waals surface area contributed by atoms with Crippen LogP contribution in [0.5, 0.6) is 0 Å². The highest BCUT2D eigenvalue weighted by Crippen LogP contribution is 2.19. The molecule has 0 spiro atoms. The number of thiol groups is 1. The van der Waals surface area contributed by atoms with Crippen LogP contribution in [0.1, 0.15) is 13.8 Å². The van der Waals surface area contributed by atoms with Crippen LogP contribution in [0.25, 0.3) is 0 Å². The SMILES string of the molecule is CCOC(=O)C(C(=O)OCC)=C(S)Nc1ccc(F)c(F)c1. The number of carbonyl (C=O) groups is 2. The molecule has 0 aromatic heterocycles. The molecular formula is C14H15F2NO4S. The molecule has 0 aliphatic heterocycles. The lowest BCUT2D eigenvalue weighted by atomic mass is 10.2. The van der Waals surface area contributed by atoms with Gasteiger partial charge in [-0.15, -0.1) is 12.6 Å². The first-order valence-electron chi connectivity index (χ1n) is 6.40. The van der Waals surface area contributed by atoms with Gasteiger partial charge in [-0.2, -0.15) is 0 Å². The summed E-state index contributed by atoms with van der Waals surface area (Å²) in [6, 6.07) is 2.98. The first-order valence-corrected chi connectivity index (χ1v) is 6.84. The lowest BCUT2D eigenvalue weighted by Crippen LogP contribution is -2.21. The first kappa shape index (κ1) is 18.0. The van der Waals surface area contributed by atoms with E-state index in [-0.39, 0.29) is 23.9 Å². The van der Waals surface area contributed by atoms with Crippen molar-refractivity contribution in [1.82, 2.24) is 0 Å². The molecule has 0 heterocycles. The van der Waals surface area contributed by atoms with Crippen LogP contribution in [-0.4, -0.2) is 25.2 Å². The second kappa shape index (κ2) is 8.38. The topological polar surface area (TPSA) is 64.6 Å². The van der Waals surface area contributed by atoms with E-state index in [0.717, 1.165) is 12.1 Å². The normalized spacial score (nSPS) is 9.86. The highest BCUT2D eigenvalue weighted by molar-refractivity contribution is 7.84. The number of ether oxygens (including phenoxy) is 2. The van der Waals surface area contributed by atoms with Crippen LogP contribution >= 0.6 is 12.6 Å². The summed E-state index contributed by atoms with van der Waals surface area (Å²) in [5.74, 6) is -3.96. The van der Waals surface area contributed by atoms with E-state index in [1.54, 1.807) is 13.8 Å². The Morgan fingerprint density at radius 2 is 1.64 bits per heavy atom. The van der Waals surface area contributed by atoms with Gasteiger partial charge in [0.15, 0.2) is 17.2 Å². The van der Waals surface area contributed by atoms with Gasteiger partial charge in [0.25, 0.3) is 0 Å². The zero-order valence-electron chi connectivity index (χ0n) is 12.0. The largest absolute Gasteiger partial charge is 0.462 e. The zero-order chi connectivity index (χ0) is 16.7. The number of nitrogens with one attached hydrogen (secondary N) is 1. The van der Waals surface area contributed by atoms with Gasteiger partial charge in [-0.1, -0.05) is 0 Å². The maximum atomic E-state index is 13.2. The van der Waals surface area contributed by atoms with E-state index in [9.17, 15) is 18.4 Å². The second-order valence-electron chi connectivity index (χ2n) is 3.92. The summed E-state index contributed by atoms with van der Waals surface area (Å²) in [5.41, 5.74) is -0.355. The standard InChI is InChI=1S/C14H15F2NO4S/c1-3-20-13(18)11(14(19)21-4-2)12(22)17-8-5-6-9(15)10(16)7-8/h5-7,17,22H,3-4H2,1-2H3. The number of carbonyl (C=O) groups excluding carboxylic acids is 2. The van der Waals surface area contributed by atoms with E-state index in [1.165, 1.54) is 6.07 Å². The van der Waals surface area contributed by atoms with Gasteiger partial charge in [0.2, 0.25) is 0 Å². The minimum absolute atomic E-state index is 0.0496. The average molecular weight is 331 g/mol. The predicted octanol–water partition coefficient (Wildman–Crippen LogP) is 2.64. The van der Waals surface area contributed by atoms with Crippen molar-refractivity contribution in [3.63, 3.8) is 0 Å². The van der Waals surface area contributed by atoms with E-state index < -0.39 is 29.1 Å². The van der Waals surface area contributed by atoms with E-state index in [1.807, 2.05) is 0 Å². The van der Waals surface area contributed by atoms with Gasteiger partial charge in [0.1, 0.15) is 0 Å². The molecule has 5 nitrogen and oxygen atoms in total. The molecule has 0 saturated carbocycles. The van der Waals surface area contributed by atoms with Crippen molar-refractivity contribution in [2.24, 2.45) is 0 Å². The Hall–Kier alpha value is -2.09. The van der Waals surface area contributed by atoms with Gasteiger partial charge in [0, 0.05) is 11.8 Å². The van der Waals surface area contributed by atoms with E-state index >= 15 is 0 Å². The number of rotatable bonds is 6. The summed E-state index contributed by atoms with van der Waals surface area (Å²) in [4.78, 5) is 23.6. The molecule has 0 amide bonds. The van der Waals surface area contributed by atoms with Crippen molar-refractivity contribution in [1.29, 1.82) is 0 Å². The fraction of sp³-hybridized carbons (Fsp3) is 0.286. The molecule has 0 fully saturated rings. The molecule has 1 N–H and O–H groups in total. The van der Waals surface area contributed by atoms with E-state index in [0.29, 0.717) is 0 Å². The molecular weight excluding hydrogens is 316 g/mol. The summed E-state index contributed by atoms with van der Waals surface area (Å²) >= 11 is 4.01. The Morgan fingerprint density at radius 3 is 2.09 bits per heavy atom. The van der Waals surface area contributed by atoms with Crippen molar-refractivity contribution in [2.75, 3.05) is 18.5 Å². The van der Waals surface area contributed by atoms with Crippen molar-refractivity contribution in [3.8, 4) is 0 Å². The van der Waals surface area contributed by atoms with Gasteiger partial charge in [-0.05, 0) is 26.0 Å². The molecule has 0 bridgehead atoms. The highest BCUT2D eigenvalue weighted by atomic mass is 32.1. The minimum Gasteiger partial charge on any atom is -0.462 e. The molecule has 120 valence electrons. The Bertz CT molecular complexity index is 585. The Balaban J connectivity index is 3.11. The summed E-state index contributed by atoms with van der Waals surface area (Å²) in [6.45, 7) is 3.24. The van der Waals surface area contributed by atoms with E-state index in [4.69, 9.17) is 9.47 Å². The molecule has 0 unspecified atom stereocenters. The van der Waals surface area contributed by atoms with E-state index in [2.05, 4.69) is 17.9 Å². The number of benzene rings is 1. The van der Waals surface area contributed by atoms with Crippen LogP contribution in [0.3, 0.4) is 0 Å². The molecule has 1 aromatic rings. The smallest absolute Gasteiger partial charge is 0.348 e. The molecule has 0 saturated heterocycles. The Labute approximate surface area is 131 Å². The van der Waals surface area contributed by atoms with Crippen molar-refractivity contribution < 1.29 is 27.8 Å². The van der Waals surface area contributed by atoms with Crippen LogP contribution in [0, 0.1) is 11.6 Å². The Kier molecular flexibility index (Phi) is 6.84. The molecule has 0 atom stereocenters. The lowest BCUT2D eigenvalue weighted by Gasteiger charge is -2.12. The molecule has 0 radical (unpaired) electrons. The third-order valence-electron chi connectivity index (χ3n) is 2.38. The summed E-state index contributed by atoms with van der Waals surface area (Å²) in [5, 5.41) is 2.33. The maximum Gasteiger partial charge on any atom is 0.348 e. The number of hydrogen-bond donors (Lipinski definition) is 2. The molecule has 22 heavy (non-hydrogen) atoms. The third kappa shape index (κ3) is 4.73. The van der Waals surface area contributed by atoms with Crippen LogP contribution < -0.4 is 5.32 Å². The van der Waals surface area contributed by atoms with Crippen LogP contribution in [0.15, 0.2) is 28.8 Å². The maximum absolute atomic E-state index is 13.2. The fourth-order valence-corrected chi connectivity index (χ4v) is 1.77. The van der Waals surface area contributed by atoms with Crippen LogP contribution in [-0.2, 0) is 19.1 Å². The van der Waals surface area contributed by atoms with Gasteiger partial charge >= 0.3 is 11.9 Å². The molecule has 0 aliphatic carbocycles. The second-order valence-corrected chi connectivity index (χ2v) is 4.37. The van der Waals surface area contributed by atoms with Gasteiger partial charge in [0.05, 0.1) is 18.2 Å². The minimum atomic E-state index is -1.08. The third-order valence-corrected chi connectivity index (χ3v) is 2.71. The molecule has 8 heteroatoms. The number of anilines is 1. The number of esters is 2. The number of hydrogen-bond acceptors (Lipinski definition) is 6. The van der Waals surface area contributed by atoms with Crippen LogP contribution in [0.4, 0.5) is 14.5 Å². The average Bonchev–Trinajstić information content (AvgIpc) is 2.43. The van der Waals surface area contributed by atoms with Crippen LogP contribution in [0.2, 0.25) is 0 Å². The molecule has 0 aliphatic rings. The summed E-state index contributed by atoms with van der Waals surface area (Å²) < 4.78 is 35.5. The fourth-order valence-electron chi connectivity index (χ4n) is 1.46. The van der Waals surface area contributed by atoms with Gasteiger partial charge in [-0.25, -0.2) is 18.4 Å². The monoisotopic (exact) mass is 331 g/mol. The lowest BCUT2D eigenvalue weighted by molar-refractivity contribution is -0.146.